The molecule has 0 aliphatic heterocycles. The van der Waals surface area contributed by atoms with Gasteiger partial charge in [-0.25, -0.2) is 0 Å². The molecule has 0 bridgehead atoms. The van der Waals surface area contributed by atoms with Gasteiger partial charge in [0.1, 0.15) is 0 Å². The third-order valence-corrected chi connectivity index (χ3v) is 5.81. The van der Waals surface area contributed by atoms with Crippen molar-refractivity contribution in [2.24, 2.45) is 5.73 Å². The van der Waals surface area contributed by atoms with E-state index in [1.54, 1.807) is 12.1 Å². The zero-order valence-electron chi connectivity index (χ0n) is 23.1. The summed E-state index contributed by atoms with van der Waals surface area (Å²) in [5.74, 6) is 1.40. The normalized spacial score (nSPS) is 10.7. The van der Waals surface area contributed by atoms with Gasteiger partial charge in [0.25, 0.3) is 5.91 Å². The van der Waals surface area contributed by atoms with E-state index < -0.39 is 0 Å². The van der Waals surface area contributed by atoms with Crippen LogP contribution in [-0.4, -0.2) is 73.5 Å². The molecule has 1 heterocycles. The molecule has 0 aliphatic carbocycles. The Kier molecular flexibility index (Phi) is 14.8. The lowest BCUT2D eigenvalue weighted by Gasteiger charge is -2.12. The molecule has 1 aromatic heterocycles. The highest BCUT2D eigenvalue weighted by Crippen LogP contribution is 2.11. The maximum atomic E-state index is 12.0. The number of ether oxygens (including phenoxy) is 2. The van der Waals surface area contributed by atoms with Crippen LogP contribution in [0.5, 0.6) is 0 Å². The lowest BCUT2D eigenvalue weighted by Crippen LogP contribution is -2.27. The minimum atomic E-state index is -0.107. The average Bonchev–Trinajstić information content (AvgIpc) is 2.99. The number of aromatic nitrogens is 3. The predicted octanol–water partition coefficient (Wildman–Crippen LogP) is 3.29. The molecule has 0 aliphatic rings. The molecule has 11 nitrogen and oxygen atoms in total. The van der Waals surface area contributed by atoms with E-state index in [1.165, 1.54) is 0 Å². The molecule has 0 fully saturated rings. The number of nitrogens with zero attached hydrogens (tertiary/aromatic N) is 3. The topological polar surface area (TPSA) is 148 Å². The molecule has 0 saturated heterocycles. The molecule has 1 amide bonds. The summed E-state index contributed by atoms with van der Waals surface area (Å²) in [5.41, 5.74) is 7.35. The number of hydrogen-bond acceptors (Lipinski definition) is 10. The zero-order chi connectivity index (χ0) is 28.1. The van der Waals surface area contributed by atoms with Gasteiger partial charge in [0.15, 0.2) is 0 Å². The Morgan fingerprint density at radius 2 is 1.23 bits per heavy atom. The molecule has 3 aromatic rings. The summed E-state index contributed by atoms with van der Waals surface area (Å²) in [6.45, 7) is 4.90. The van der Waals surface area contributed by atoms with Crippen LogP contribution in [0.2, 0.25) is 0 Å². The van der Waals surface area contributed by atoms with Gasteiger partial charge in [-0.15, -0.1) is 0 Å². The molecule has 40 heavy (non-hydrogen) atoms. The van der Waals surface area contributed by atoms with Crippen LogP contribution < -0.4 is 27.0 Å². The van der Waals surface area contributed by atoms with Crippen LogP contribution in [0, 0.1) is 0 Å². The van der Waals surface area contributed by atoms with E-state index in [-0.39, 0.29) is 5.91 Å². The molecule has 11 heteroatoms. The Morgan fingerprint density at radius 3 is 1.90 bits per heavy atom. The highest BCUT2D eigenvalue weighted by atomic mass is 16.5. The van der Waals surface area contributed by atoms with Gasteiger partial charge in [0, 0.05) is 31.7 Å². The van der Waals surface area contributed by atoms with Gasteiger partial charge in [-0.3, -0.25) is 4.79 Å². The number of nitrogens with two attached hydrogens (primary N) is 1. The van der Waals surface area contributed by atoms with Crippen molar-refractivity contribution in [2.75, 3.05) is 68.6 Å². The summed E-state index contributed by atoms with van der Waals surface area (Å²) < 4.78 is 11.2. The molecular weight excluding hydrogens is 508 g/mol. The standard InChI is InChI=1S/C29H42N8O3/c30-15-9-1-2-10-16-32-27-35-28(37-29(36-27)34-23-24-11-5-3-6-12-24)33-18-20-40-22-21-39-19-17-31-26(38)25-13-7-4-8-14-25/h3-8,11-14H,1-2,9-10,15-23,30H2,(H,31,38)(H3,32,33,34,35,36,37). The van der Waals surface area contributed by atoms with E-state index in [0.29, 0.717) is 69.5 Å². The molecule has 3 rings (SSSR count). The molecule has 0 saturated carbocycles. The highest BCUT2D eigenvalue weighted by molar-refractivity contribution is 5.94. The molecule has 216 valence electrons. The Bertz CT molecular complexity index is 1090. The fourth-order valence-electron chi connectivity index (χ4n) is 3.70. The Hall–Kier alpha value is -3.80. The number of nitrogens with one attached hydrogen (secondary N) is 4. The molecule has 6 N–H and O–H groups in total. The monoisotopic (exact) mass is 550 g/mol. The molecule has 0 spiro atoms. The van der Waals surface area contributed by atoms with Gasteiger partial charge in [-0.05, 0) is 37.1 Å². The summed E-state index contributed by atoms with van der Waals surface area (Å²) >= 11 is 0. The van der Waals surface area contributed by atoms with Crippen LogP contribution in [0.3, 0.4) is 0 Å². The van der Waals surface area contributed by atoms with E-state index in [4.69, 9.17) is 15.2 Å². The van der Waals surface area contributed by atoms with Crippen molar-refractivity contribution >= 4 is 23.8 Å². The van der Waals surface area contributed by atoms with E-state index in [1.807, 2.05) is 36.4 Å². The first-order valence-corrected chi connectivity index (χ1v) is 13.9. The van der Waals surface area contributed by atoms with E-state index in [9.17, 15) is 4.79 Å². The molecule has 0 radical (unpaired) electrons. The number of anilines is 3. The number of hydrogen-bond donors (Lipinski definition) is 5. The number of rotatable bonds is 21. The van der Waals surface area contributed by atoms with Gasteiger partial charge in [-0.2, -0.15) is 15.0 Å². The van der Waals surface area contributed by atoms with Crippen molar-refractivity contribution in [3.8, 4) is 0 Å². The van der Waals surface area contributed by atoms with E-state index in [0.717, 1.165) is 44.3 Å². The van der Waals surface area contributed by atoms with Crippen LogP contribution in [0.25, 0.3) is 0 Å². The third-order valence-electron chi connectivity index (χ3n) is 5.81. The first kappa shape index (κ1) is 30.7. The summed E-state index contributed by atoms with van der Waals surface area (Å²) in [6, 6.07) is 19.2. The van der Waals surface area contributed by atoms with Crippen LogP contribution >= 0.6 is 0 Å². The summed E-state index contributed by atoms with van der Waals surface area (Å²) in [4.78, 5) is 25.5. The maximum Gasteiger partial charge on any atom is 0.251 e. The Balaban J connectivity index is 1.33. The zero-order valence-corrected chi connectivity index (χ0v) is 23.1. The second-order valence-electron chi connectivity index (χ2n) is 9.05. The second kappa shape index (κ2) is 19.3. The first-order valence-electron chi connectivity index (χ1n) is 13.9. The molecule has 0 atom stereocenters. The lowest BCUT2D eigenvalue weighted by molar-refractivity contribution is 0.0519. The van der Waals surface area contributed by atoms with Crippen LogP contribution in [0.1, 0.15) is 41.6 Å². The molecule has 0 unspecified atom stereocenters. The van der Waals surface area contributed by atoms with Crippen molar-refractivity contribution in [3.05, 3.63) is 71.8 Å². The SMILES string of the molecule is NCCCCCCNc1nc(NCCOCCOCCNC(=O)c2ccccc2)nc(NCc2ccccc2)n1. The number of amides is 1. The van der Waals surface area contributed by atoms with Crippen molar-refractivity contribution in [3.63, 3.8) is 0 Å². The minimum absolute atomic E-state index is 0.107. The summed E-state index contributed by atoms with van der Waals surface area (Å²) in [5, 5.41) is 12.6. The predicted molar refractivity (Wildman–Crippen MR) is 159 cm³/mol. The summed E-state index contributed by atoms with van der Waals surface area (Å²) in [6.07, 6.45) is 4.32. The van der Waals surface area contributed by atoms with E-state index >= 15 is 0 Å². The Labute approximate surface area is 236 Å². The molecule has 2 aromatic carbocycles. The van der Waals surface area contributed by atoms with Crippen LogP contribution in [0.15, 0.2) is 60.7 Å². The maximum absolute atomic E-state index is 12.0. The largest absolute Gasteiger partial charge is 0.377 e. The average molecular weight is 551 g/mol. The van der Waals surface area contributed by atoms with Crippen molar-refractivity contribution < 1.29 is 14.3 Å². The molecular formula is C29H42N8O3. The fraction of sp³-hybridized carbons (Fsp3) is 0.448. The highest BCUT2D eigenvalue weighted by Gasteiger charge is 2.07. The second-order valence-corrected chi connectivity index (χ2v) is 9.05. The van der Waals surface area contributed by atoms with Crippen LogP contribution in [0.4, 0.5) is 17.8 Å². The fourth-order valence-corrected chi connectivity index (χ4v) is 3.70. The van der Waals surface area contributed by atoms with Gasteiger partial charge in [-0.1, -0.05) is 61.4 Å². The van der Waals surface area contributed by atoms with Crippen molar-refractivity contribution in [1.82, 2.24) is 20.3 Å². The van der Waals surface area contributed by atoms with E-state index in [2.05, 4.69) is 48.4 Å². The van der Waals surface area contributed by atoms with Gasteiger partial charge < -0.3 is 36.5 Å². The third kappa shape index (κ3) is 12.8. The minimum Gasteiger partial charge on any atom is -0.377 e. The lowest BCUT2D eigenvalue weighted by atomic mass is 10.2. The number of benzene rings is 2. The van der Waals surface area contributed by atoms with Crippen molar-refractivity contribution in [1.29, 1.82) is 0 Å². The summed E-state index contributed by atoms with van der Waals surface area (Å²) in [7, 11) is 0. The quantitative estimate of drug-likeness (QED) is 0.125. The van der Waals surface area contributed by atoms with Crippen LogP contribution in [-0.2, 0) is 16.0 Å². The Morgan fingerprint density at radius 1 is 0.650 bits per heavy atom. The number of carbonyl (C=O) groups excluding carboxylic acids is 1. The first-order chi connectivity index (χ1) is 19.7. The van der Waals surface area contributed by atoms with Gasteiger partial charge in [0.05, 0.1) is 26.4 Å². The number of unbranched alkanes of at least 4 members (excludes halogenated alkanes) is 3. The smallest absolute Gasteiger partial charge is 0.251 e. The van der Waals surface area contributed by atoms with Gasteiger partial charge >= 0.3 is 0 Å². The van der Waals surface area contributed by atoms with Gasteiger partial charge in [0.2, 0.25) is 17.8 Å². The van der Waals surface area contributed by atoms with Crippen molar-refractivity contribution in [2.45, 2.75) is 32.2 Å². The number of carbonyl (C=O) groups is 1.